The van der Waals surface area contributed by atoms with E-state index in [0.29, 0.717) is 6.61 Å². The Morgan fingerprint density at radius 1 is 0.893 bits per heavy atom. The number of ether oxygens (including phenoxy) is 1. The highest BCUT2D eigenvalue weighted by Gasteiger charge is 2.05. The number of benzene rings is 1. The summed E-state index contributed by atoms with van der Waals surface area (Å²) >= 11 is 0. The van der Waals surface area contributed by atoms with Gasteiger partial charge >= 0.3 is 0 Å². The highest BCUT2D eigenvalue weighted by Crippen LogP contribution is 2.19. The third kappa shape index (κ3) is 5.54. The van der Waals surface area contributed by atoms with Crippen molar-refractivity contribution in [1.29, 1.82) is 0 Å². The van der Waals surface area contributed by atoms with Crippen molar-refractivity contribution in [3.05, 3.63) is 83.8 Å². The Labute approximate surface area is 167 Å². The second-order valence-corrected chi connectivity index (χ2v) is 6.56. The van der Waals surface area contributed by atoms with Gasteiger partial charge in [-0.2, -0.15) is 0 Å². The second kappa shape index (κ2) is 10.4. The lowest BCUT2D eigenvalue weighted by Gasteiger charge is -2.19. The zero-order valence-corrected chi connectivity index (χ0v) is 16.6. The number of anilines is 1. The molecule has 3 rings (SSSR count). The number of rotatable bonds is 10. The molecule has 146 valence electrons. The van der Waals surface area contributed by atoms with Gasteiger partial charge in [0.05, 0.1) is 0 Å². The van der Waals surface area contributed by atoms with Gasteiger partial charge in [0.15, 0.2) is 0 Å². The molecular formula is C23H28N4O. The van der Waals surface area contributed by atoms with E-state index in [1.54, 1.807) is 6.20 Å². The highest BCUT2D eigenvalue weighted by molar-refractivity contribution is 5.39. The number of nitrogens with zero attached hydrogens (tertiary/aromatic N) is 3. The molecule has 0 aliphatic carbocycles. The van der Waals surface area contributed by atoms with E-state index in [4.69, 9.17) is 4.74 Å². The molecule has 0 aliphatic heterocycles. The Kier molecular flexibility index (Phi) is 7.38. The predicted octanol–water partition coefficient (Wildman–Crippen LogP) is 4.19. The van der Waals surface area contributed by atoms with E-state index < -0.39 is 0 Å². The molecule has 0 saturated carbocycles. The Bertz CT molecular complexity index is 833. The SMILES string of the molecule is CCN(CC)c1ccc(CNCc2ccccc2OCc2cccnc2)cn1. The van der Waals surface area contributed by atoms with E-state index in [1.165, 1.54) is 5.56 Å². The fraction of sp³-hybridized carbons (Fsp3) is 0.304. The maximum atomic E-state index is 5.99. The van der Waals surface area contributed by atoms with Crippen LogP contribution in [0.15, 0.2) is 67.1 Å². The number of aromatic nitrogens is 2. The first-order valence-corrected chi connectivity index (χ1v) is 9.80. The van der Waals surface area contributed by atoms with Gasteiger partial charge in [0.25, 0.3) is 0 Å². The van der Waals surface area contributed by atoms with E-state index >= 15 is 0 Å². The molecule has 2 heterocycles. The zero-order chi connectivity index (χ0) is 19.6. The average Bonchev–Trinajstić information content (AvgIpc) is 2.76. The van der Waals surface area contributed by atoms with E-state index in [9.17, 15) is 0 Å². The lowest BCUT2D eigenvalue weighted by Crippen LogP contribution is -2.23. The van der Waals surface area contributed by atoms with E-state index in [2.05, 4.69) is 52.2 Å². The van der Waals surface area contributed by atoms with Gasteiger partial charge in [-0.1, -0.05) is 30.3 Å². The lowest BCUT2D eigenvalue weighted by atomic mass is 10.2. The first kappa shape index (κ1) is 19.8. The van der Waals surface area contributed by atoms with E-state index in [0.717, 1.165) is 48.9 Å². The van der Waals surface area contributed by atoms with Gasteiger partial charge in [-0.25, -0.2) is 4.98 Å². The summed E-state index contributed by atoms with van der Waals surface area (Å²) < 4.78 is 5.99. The number of hydrogen-bond acceptors (Lipinski definition) is 5. The van der Waals surface area contributed by atoms with Crippen LogP contribution in [0.4, 0.5) is 5.82 Å². The minimum Gasteiger partial charge on any atom is -0.489 e. The standard InChI is InChI=1S/C23H28N4O/c1-3-27(4-2)23-12-11-19(16-26-23)14-25-17-21-9-5-6-10-22(21)28-18-20-8-7-13-24-15-20/h5-13,15-16,25H,3-4,14,17-18H2,1-2H3. The van der Waals surface area contributed by atoms with Crippen molar-refractivity contribution in [1.82, 2.24) is 15.3 Å². The molecule has 3 aromatic rings. The quantitative estimate of drug-likeness (QED) is 0.575. The maximum Gasteiger partial charge on any atom is 0.128 e. The Balaban J connectivity index is 1.53. The number of hydrogen-bond donors (Lipinski definition) is 1. The van der Waals surface area contributed by atoms with Gasteiger partial charge in [-0.15, -0.1) is 0 Å². The van der Waals surface area contributed by atoms with Gasteiger partial charge in [0.2, 0.25) is 0 Å². The van der Waals surface area contributed by atoms with Gasteiger partial charge in [0.1, 0.15) is 18.2 Å². The van der Waals surface area contributed by atoms with Crippen molar-refractivity contribution in [2.45, 2.75) is 33.5 Å². The van der Waals surface area contributed by atoms with Crippen LogP contribution >= 0.6 is 0 Å². The van der Waals surface area contributed by atoms with Crippen LogP contribution in [0.5, 0.6) is 5.75 Å². The van der Waals surface area contributed by atoms with Crippen molar-refractivity contribution in [3.8, 4) is 5.75 Å². The van der Waals surface area contributed by atoms with E-state index in [1.807, 2.05) is 42.7 Å². The minimum atomic E-state index is 0.515. The summed E-state index contributed by atoms with van der Waals surface area (Å²) in [6, 6.07) is 16.3. The largest absolute Gasteiger partial charge is 0.489 e. The molecule has 5 nitrogen and oxygen atoms in total. The molecule has 0 amide bonds. The molecule has 28 heavy (non-hydrogen) atoms. The van der Waals surface area contributed by atoms with Gasteiger partial charge in [-0.05, 0) is 37.6 Å². The molecular weight excluding hydrogens is 348 g/mol. The molecule has 0 radical (unpaired) electrons. The van der Waals surface area contributed by atoms with Crippen molar-refractivity contribution in [3.63, 3.8) is 0 Å². The van der Waals surface area contributed by atoms with Crippen molar-refractivity contribution >= 4 is 5.82 Å². The molecule has 1 N–H and O–H groups in total. The summed E-state index contributed by atoms with van der Waals surface area (Å²) in [4.78, 5) is 11.0. The van der Waals surface area contributed by atoms with Crippen LogP contribution in [0.3, 0.4) is 0 Å². The molecule has 0 fully saturated rings. The average molecular weight is 377 g/mol. The lowest BCUT2D eigenvalue weighted by molar-refractivity contribution is 0.301. The summed E-state index contributed by atoms with van der Waals surface area (Å²) in [6.07, 6.45) is 5.55. The molecule has 0 bridgehead atoms. The molecule has 0 unspecified atom stereocenters. The van der Waals surface area contributed by atoms with Gasteiger partial charge in [-0.3, -0.25) is 4.98 Å². The topological polar surface area (TPSA) is 50.3 Å². The normalized spacial score (nSPS) is 10.6. The van der Waals surface area contributed by atoms with Crippen molar-refractivity contribution in [2.75, 3.05) is 18.0 Å². The number of pyridine rings is 2. The molecule has 0 spiro atoms. The third-order valence-electron chi connectivity index (χ3n) is 4.63. The summed E-state index contributed by atoms with van der Waals surface area (Å²) in [5, 5.41) is 3.49. The van der Waals surface area contributed by atoms with Crippen molar-refractivity contribution < 1.29 is 4.74 Å². The van der Waals surface area contributed by atoms with Gasteiger partial charge in [0, 0.05) is 55.9 Å². The Morgan fingerprint density at radius 3 is 2.46 bits per heavy atom. The monoisotopic (exact) mass is 376 g/mol. The van der Waals surface area contributed by atoms with Crippen molar-refractivity contribution in [2.24, 2.45) is 0 Å². The zero-order valence-electron chi connectivity index (χ0n) is 16.6. The van der Waals surface area contributed by atoms with Crippen LogP contribution in [0.2, 0.25) is 0 Å². The van der Waals surface area contributed by atoms with Crippen LogP contribution in [0.25, 0.3) is 0 Å². The summed E-state index contributed by atoms with van der Waals surface area (Å²) in [5.41, 5.74) is 3.37. The third-order valence-corrected chi connectivity index (χ3v) is 4.63. The van der Waals surface area contributed by atoms with Crippen LogP contribution < -0.4 is 15.0 Å². The van der Waals surface area contributed by atoms with Crippen LogP contribution in [-0.4, -0.2) is 23.1 Å². The fourth-order valence-electron chi connectivity index (χ4n) is 3.03. The fourth-order valence-corrected chi connectivity index (χ4v) is 3.03. The van der Waals surface area contributed by atoms with Crippen LogP contribution in [0.1, 0.15) is 30.5 Å². The highest BCUT2D eigenvalue weighted by atomic mass is 16.5. The number of nitrogens with one attached hydrogen (secondary N) is 1. The first-order valence-electron chi connectivity index (χ1n) is 9.80. The summed E-state index contributed by atoms with van der Waals surface area (Å²) in [5.74, 6) is 1.93. The Morgan fingerprint density at radius 2 is 1.75 bits per heavy atom. The smallest absolute Gasteiger partial charge is 0.128 e. The molecule has 0 atom stereocenters. The summed E-state index contributed by atoms with van der Waals surface area (Å²) in [6.45, 7) is 8.25. The number of para-hydroxylation sites is 1. The van der Waals surface area contributed by atoms with Crippen LogP contribution in [0, 0.1) is 0 Å². The minimum absolute atomic E-state index is 0.515. The molecule has 2 aromatic heterocycles. The first-order chi connectivity index (χ1) is 13.8. The van der Waals surface area contributed by atoms with E-state index in [-0.39, 0.29) is 0 Å². The predicted molar refractivity (Wildman–Crippen MR) is 113 cm³/mol. The molecule has 5 heteroatoms. The van der Waals surface area contributed by atoms with Crippen LogP contribution in [-0.2, 0) is 19.7 Å². The van der Waals surface area contributed by atoms with Gasteiger partial charge < -0.3 is 15.0 Å². The molecule has 0 aliphatic rings. The maximum absolute atomic E-state index is 5.99. The summed E-state index contributed by atoms with van der Waals surface area (Å²) in [7, 11) is 0. The Hall–Kier alpha value is -2.92. The molecule has 0 saturated heterocycles. The second-order valence-electron chi connectivity index (χ2n) is 6.56. The molecule has 1 aromatic carbocycles.